The van der Waals surface area contributed by atoms with E-state index in [1.54, 1.807) is 0 Å². The van der Waals surface area contributed by atoms with Crippen molar-refractivity contribution in [3.05, 3.63) is 203 Å². The van der Waals surface area contributed by atoms with Crippen LogP contribution < -0.4 is 9.47 Å². The fourth-order valence-corrected chi connectivity index (χ4v) is 8.24. The molecular formula is C48H34O2. The van der Waals surface area contributed by atoms with Gasteiger partial charge in [0.05, 0.1) is 0 Å². The number of hydrogen-bond donors (Lipinski definition) is 0. The topological polar surface area (TPSA) is 18.5 Å². The van der Waals surface area contributed by atoms with Gasteiger partial charge in [-0.2, -0.15) is 0 Å². The van der Waals surface area contributed by atoms with Crippen molar-refractivity contribution >= 4 is 33.2 Å². The van der Waals surface area contributed by atoms with E-state index >= 15 is 0 Å². The van der Waals surface area contributed by atoms with Gasteiger partial charge in [-0.15, -0.1) is 0 Å². The minimum atomic E-state index is 0.268. The zero-order chi connectivity index (χ0) is 33.0. The third kappa shape index (κ3) is 5.04. The van der Waals surface area contributed by atoms with Crippen LogP contribution in [-0.4, -0.2) is 0 Å². The Balaban J connectivity index is 0.962. The fourth-order valence-electron chi connectivity index (χ4n) is 8.24. The van der Waals surface area contributed by atoms with E-state index in [1.165, 1.54) is 60.5 Å². The molecule has 238 valence electrons. The molecule has 0 radical (unpaired) electrons. The van der Waals surface area contributed by atoms with E-state index in [-0.39, 0.29) is 5.92 Å². The van der Waals surface area contributed by atoms with E-state index in [2.05, 4.69) is 115 Å². The van der Waals surface area contributed by atoms with Crippen LogP contribution in [0.1, 0.15) is 57.6 Å². The average Bonchev–Trinajstić information content (AvgIpc) is 3.17. The van der Waals surface area contributed by atoms with Crippen LogP contribution in [-0.2, 0) is 0 Å². The van der Waals surface area contributed by atoms with E-state index in [4.69, 9.17) is 9.47 Å². The highest BCUT2D eigenvalue weighted by atomic mass is 16.5. The first-order valence-electron chi connectivity index (χ1n) is 17.5. The Morgan fingerprint density at radius 2 is 1.04 bits per heavy atom. The Morgan fingerprint density at radius 1 is 0.460 bits per heavy atom. The van der Waals surface area contributed by atoms with Crippen molar-refractivity contribution in [1.82, 2.24) is 0 Å². The van der Waals surface area contributed by atoms with Gasteiger partial charge in [0.2, 0.25) is 0 Å². The normalized spacial score (nSPS) is 18.5. The van der Waals surface area contributed by atoms with Crippen molar-refractivity contribution in [1.29, 1.82) is 0 Å². The van der Waals surface area contributed by atoms with Crippen LogP contribution in [0.3, 0.4) is 0 Å². The van der Waals surface area contributed by atoms with Crippen LogP contribution in [0.25, 0.3) is 33.2 Å². The molecule has 0 N–H and O–H groups in total. The highest BCUT2D eigenvalue weighted by Crippen LogP contribution is 2.52. The third-order valence-corrected chi connectivity index (χ3v) is 10.7. The van der Waals surface area contributed by atoms with Gasteiger partial charge in [-0.1, -0.05) is 127 Å². The van der Waals surface area contributed by atoms with Gasteiger partial charge in [-0.05, 0) is 115 Å². The Kier molecular flexibility index (Phi) is 6.80. The molecule has 0 heterocycles. The summed E-state index contributed by atoms with van der Waals surface area (Å²) in [6.45, 7) is 0. The van der Waals surface area contributed by atoms with Crippen LogP contribution in [0.15, 0.2) is 170 Å². The molecule has 10 rings (SSSR count). The van der Waals surface area contributed by atoms with Gasteiger partial charge in [0.25, 0.3) is 0 Å². The predicted octanol–water partition coefficient (Wildman–Crippen LogP) is 13.0. The summed E-state index contributed by atoms with van der Waals surface area (Å²) in [5.74, 6) is 4.28. The first-order valence-corrected chi connectivity index (χ1v) is 17.5. The van der Waals surface area contributed by atoms with Crippen molar-refractivity contribution in [3.63, 3.8) is 0 Å². The van der Waals surface area contributed by atoms with Gasteiger partial charge in [0, 0.05) is 17.8 Å². The average molecular weight is 643 g/mol. The van der Waals surface area contributed by atoms with E-state index < -0.39 is 0 Å². The molecule has 0 amide bonds. The monoisotopic (exact) mass is 642 g/mol. The van der Waals surface area contributed by atoms with Gasteiger partial charge < -0.3 is 9.47 Å². The molecule has 0 saturated carbocycles. The summed E-state index contributed by atoms with van der Waals surface area (Å²) >= 11 is 0. The number of allylic oxidation sites excluding steroid dienone is 5. The van der Waals surface area contributed by atoms with Gasteiger partial charge in [0.1, 0.15) is 23.0 Å². The molecule has 0 spiro atoms. The molecule has 3 aliphatic rings. The summed E-state index contributed by atoms with van der Waals surface area (Å²) < 4.78 is 12.2. The van der Waals surface area contributed by atoms with Crippen LogP contribution in [0.4, 0.5) is 0 Å². The zero-order valence-electron chi connectivity index (χ0n) is 27.5. The first-order chi connectivity index (χ1) is 24.7. The van der Waals surface area contributed by atoms with Crippen molar-refractivity contribution < 1.29 is 9.47 Å². The quantitative estimate of drug-likeness (QED) is 0.180. The summed E-state index contributed by atoms with van der Waals surface area (Å²) in [5.41, 5.74) is 9.77. The summed E-state index contributed by atoms with van der Waals surface area (Å²) in [6, 6.07) is 51.3. The molecular weight excluding hydrogens is 609 g/mol. The Bertz CT molecular complexity index is 2520. The molecule has 2 nitrogen and oxygen atoms in total. The zero-order valence-corrected chi connectivity index (χ0v) is 27.5. The van der Waals surface area contributed by atoms with E-state index in [0.717, 1.165) is 29.4 Å². The second-order valence-electron chi connectivity index (χ2n) is 13.6. The van der Waals surface area contributed by atoms with Crippen LogP contribution in [0, 0.1) is 0 Å². The molecule has 3 atom stereocenters. The van der Waals surface area contributed by atoms with E-state index in [0.29, 0.717) is 11.8 Å². The lowest BCUT2D eigenvalue weighted by Gasteiger charge is -2.37. The first kappa shape index (κ1) is 28.9. The van der Waals surface area contributed by atoms with Crippen molar-refractivity contribution in [3.8, 4) is 23.0 Å². The standard InChI is InChI=1S/C48H34O2/c1-3-7-39(8-4-1)49-41-21-15-33-27-37(13-11-35(33)29-41)43-23-17-31-20-26-46-44(24-18-32-19-25-45(43)47(31)48(32)46)38-14-12-36-30-42(22-16-34(36)28-38)50-40-9-5-2-6-10-40/h1-23,25-30,43-45H,24H2. The second kappa shape index (κ2) is 11.8. The van der Waals surface area contributed by atoms with E-state index in [1.807, 2.05) is 60.7 Å². The number of ether oxygens (including phenoxy) is 2. The molecule has 3 unspecified atom stereocenters. The van der Waals surface area contributed by atoms with Crippen LogP contribution >= 0.6 is 0 Å². The molecule has 50 heavy (non-hydrogen) atoms. The maximum atomic E-state index is 6.12. The Hall–Kier alpha value is -6.12. The molecule has 0 saturated heterocycles. The molecule has 3 aliphatic carbocycles. The number of para-hydroxylation sites is 2. The SMILES string of the molecule is C1=CC2c3c(ccc4c3C1=CCC4c1ccc3cc(Oc4ccccc4)ccc3c1)C=CC2c1ccc2cc(Oc3ccccc3)ccc2c1. The molecule has 0 bridgehead atoms. The summed E-state index contributed by atoms with van der Waals surface area (Å²) in [6.07, 6.45) is 13.0. The largest absolute Gasteiger partial charge is 0.457 e. The third-order valence-electron chi connectivity index (χ3n) is 10.7. The summed E-state index contributed by atoms with van der Waals surface area (Å²) in [5, 5.41) is 4.84. The molecule has 7 aromatic carbocycles. The molecule has 0 aromatic heterocycles. The lowest BCUT2D eigenvalue weighted by Crippen LogP contribution is -2.20. The van der Waals surface area contributed by atoms with E-state index in [9.17, 15) is 0 Å². The minimum absolute atomic E-state index is 0.268. The van der Waals surface area contributed by atoms with Crippen molar-refractivity contribution in [2.75, 3.05) is 0 Å². The molecule has 2 heteroatoms. The van der Waals surface area contributed by atoms with Gasteiger partial charge in [-0.3, -0.25) is 0 Å². The Morgan fingerprint density at radius 3 is 1.72 bits per heavy atom. The number of benzene rings is 7. The van der Waals surface area contributed by atoms with Crippen LogP contribution in [0.2, 0.25) is 0 Å². The van der Waals surface area contributed by atoms with Gasteiger partial charge >= 0.3 is 0 Å². The Labute approximate surface area is 292 Å². The predicted molar refractivity (Wildman–Crippen MR) is 205 cm³/mol. The maximum Gasteiger partial charge on any atom is 0.128 e. The lowest BCUT2D eigenvalue weighted by atomic mass is 9.66. The maximum absolute atomic E-state index is 6.12. The van der Waals surface area contributed by atoms with Crippen LogP contribution in [0.5, 0.6) is 23.0 Å². The fraction of sp³-hybridized carbons (Fsp3) is 0.0833. The minimum Gasteiger partial charge on any atom is -0.457 e. The van der Waals surface area contributed by atoms with Gasteiger partial charge in [-0.25, -0.2) is 0 Å². The smallest absolute Gasteiger partial charge is 0.128 e. The summed E-state index contributed by atoms with van der Waals surface area (Å²) in [4.78, 5) is 0. The number of rotatable bonds is 6. The van der Waals surface area contributed by atoms with Crippen molar-refractivity contribution in [2.45, 2.75) is 24.2 Å². The molecule has 0 aliphatic heterocycles. The molecule has 0 fully saturated rings. The van der Waals surface area contributed by atoms with Crippen molar-refractivity contribution in [2.24, 2.45) is 0 Å². The number of hydrogen-bond acceptors (Lipinski definition) is 2. The lowest BCUT2D eigenvalue weighted by molar-refractivity contribution is 0.483. The number of fused-ring (bicyclic) bond motifs is 2. The molecule has 7 aromatic rings. The highest BCUT2D eigenvalue weighted by molar-refractivity contribution is 5.89. The second-order valence-corrected chi connectivity index (χ2v) is 13.6. The highest BCUT2D eigenvalue weighted by Gasteiger charge is 2.35. The van der Waals surface area contributed by atoms with Gasteiger partial charge in [0.15, 0.2) is 0 Å². The summed E-state index contributed by atoms with van der Waals surface area (Å²) in [7, 11) is 0.